The molecule has 1 fully saturated rings. The summed E-state index contributed by atoms with van der Waals surface area (Å²) in [4.78, 5) is 13.8. The van der Waals surface area contributed by atoms with Gasteiger partial charge in [0.05, 0.1) is 17.9 Å². The van der Waals surface area contributed by atoms with Crippen molar-refractivity contribution in [3.05, 3.63) is 0 Å². The van der Waals surface area contributed by atoms with Gasteiger partial charge in [-0.05, 0) is 18.6 Å². The molecule has 1 aliphatic heterocycles. The molecule has 88 valence electrons. The number of hydrogen-bond donors (Lipinski definition) is 1. The molecule has 0 radical (unpaired) electrons. The van der Waals surface area contributed by atoms with Gasteiger partial charge >= 0.3 is 0 Å². The molecule has 4 heteroatoms. The molecule has 1 rings (SSSR count). The van der Waals surface area contributed by atoms with Gasteiger partial charge in [-0.15, -0.1) is 0 Å². The maximum absolute atomic E-state index is 12.0. The van der Waals surface area contributed by atoms with Gasteiger partial charge in [0.15, 0.2) is 0 Å². The lowest BCUT2D eigenvalue weighted by Gasteiger charge is -2.25. The van der Waals surface area contributed by atoms with Gasteiger partial charge in [-0.3, -0.25) is 4.79 Å². The van der Waals surface area contributed by atoms with Crippen LogP contribution in [0.15, 0.2) is 0 Å². The fourth-order valence-corrected chi connectivity index (χ4v) is 2.67. The Morgan fingerprint density at radius 1 is 1.67 bits per heavy atom. The van der Waals surface area contributed by atoms with E-state index in [1.807, 2.05) is 11.2 Å². The van der Waals surface area contributed by atoms with Crippen molar-refractivity contribution in [2.24, 2.45) is 5.92 Å². The monoisotopic (exact) mass is 231 g/mol. The molecule has 1 saturated heterocycles. The zero-order valence-corrected chi connectivity index (χ0v) is 10.6. The Kier molecular flexibility index (Phi) is 4.93. The van der Waals surface area contributed by atoms with Crippen LogP contribution in [0.1, 0.15) is 26.7 Å². The number of aliphatic hydroxyl groups excluding tert-OH is 1. The molecule has 3 unspecified atom stereocenters. The molecule has 15 heavy (non-hydrogen) atoms. The van der Waals surface area contributed by atoms with Crippen molar-refractivity contribution in [1.82, 2.24) is 4.90 Å². The standard InChI is InChI=1S/C11H21NO2S/c1-4-8(2)6-12-9(7-13)5-10(15-3)11(12)14/h8-10,13H,4-7H2,1-3H3. The molecule has 0 aliphatic carbocycles. The van der Waals surface area contributed by atoms with E-state index < -0.39 is 0 Å². The summed E-state index contributed by atoms with van der Waals surface area (Å²) in [5.74, 6) is 0.727. The van der Waals surface area contributed by atoms with Crippen LogP contribution in [0.3, 0.4) is 0 Å². The maximum Gasteiger partial charge on any atom is 0.236 e. The Morgan fingerprint density at radius 3 is 2.80 bits per heavy atom. The quantitative estimate of drug-likeness (QED) is 0.776. The fourth-order valence-electron chi connectivity index (χ4n) is 1.91. The molecule has 0 aromatic rings. The van der Waals surface area contributed by atoms with Crippen molar-refractivity contribution in [2.75, 3.05) is 19.4 Å². The zero-order valence-electron chi connectivity index (χ0n) is 9.77. The van der Waals surface area contributed by atoms with Gasteiger partial charge in [0, 0.05) is 6.54 Å². The second kappa shape index (κ2) is 5.75. The lowest BCUT2D eigenvalue weighted by Crippen LogP contribution is -2.39. The van der Waals surface area contributed by atoms with Gasteiger partial charge in [-0.25, -0.2) is 0 Å². The fraction of sp³-hybridized carbons (Fsp3) is 0.909. The first kappa shape index (κ1) is 12.8. The van der Waals surface area contributed by atoms with Crippen molar-refractivity contribution in [3.63, 3.8) is 0 Å². The summed E-state index contributed by atoms with van der Waals surface area (Å²) in [5.41, 5.74) is 0. The summed E-state index contributed by atoms with van der Waals surface area (Å²) in [6, 6.07) is 0.0453. The van der Waals surface area contributed by atoms with Gasteiger partial charge in [0.2, 0.25) is 5.91 Å². The third kappa shape index (κ3) is 2.88. The number of amides is 1. The lowest BCUT2D eigenvalue weighted by molar-refractivity contribution is -0.129. The van der Waals surface area contributed by atoms with E-state index in [9.17, 15) is 9.90 Å². The molecule has 1 N–H and O–H groups in total. The topological polar surface area (TPSA) is 40.5 Å². The number of carbonyl (C=O) groups excluding carboxylic acids is 1. The first-order valence-corrected chi connectivity index (χ1v) is 6.86. The smallest absolute Gasteiger partial charge is 0.236 e. The first-order valence-electron chi connectivity index (χ1n) is 5.58. The number of hydrogen-bond acceptors (Lipinski definition) is 3. The summed E-state index contributed by atoms with van der Waals surface area (Å²) in [5, 5.41) is 9.31. The molecule has 0 aromatic carbocycles. The number of likely N-dealkylation sites (tertiary alicyclic amines) is 1. The van der Waals surface area contributed by atoms with Crippen molar-refractivity contribution in [2.45, 2.75) is 38.0 Å². The van der Waals surface area contributed by atoms with E-state index in [2.05, 4.69) is 13.8 Å². The Bertz CT molecular complexity index is 223. The van der Waals surface area contributed by atoms with Crippen molar-refractivity contribution in [1.29, 1.82) is 0 Å². The van der Waals surface area contributed by atoms with Crippen LogP contribution in [0.25, 0.3) is 0 Å². The van der Waals surface area contributed by atoms with Crippen LogP contribution >= 0.6 is 11.8 Å². The number of carbonyl (C=O) groups is 1. The minimum atomic E-state index is 0.0453. The molecule has 3 atom stereocenters. The summed E-state index contributed by atoms with van der Waals surface area (Å²) in [6.45, 7) is 5.16. The van der Waals surface area contributed by atoms with Crippen LogP contribution in [0.2, 0.25) is 0 Å². The van der Waals surface area contributed by atoms with Crippen molar-refractivity contribution in [3.8, 4) is 0 Å². The Morgan fingerprint density at radius 2 is 2.33 bits per heavy atom. The zero-order chi connectivity index (χ0) is 11.4. The number of thioether (sulfide) groups is 1. The van der Waals surface area contributed by atoms with Crippen LogP contribution in [0.4, 0.5) is 0 Å². The minimum Gasteiger partial charge on any atom is -0.394 e. The summed E-state index contributed by atoms with van der Waals surface area (Å²) >= 11 is 1.60. The first-order chi connectivity index (χ1) is 7.13. The van der Waals surface area contributed by atoms with Crippen molar-refractivity contribution < 1.29 is 9.90 Å². The van der Waals surface area contributed by atoms with E-state index in [1.54, 1.807) is 11.8 Å². The van der Waals surface area contributed by atoms with Crippen LogP contribution in [-0.4, -0.2) is 46.6 Å². The maximum atomic E-state index is 12.0. The van der Waals surface area contributed by atoms with E-state index in [0.717, 1.165) is 19.4 Å². The molecule has 0 bridgehead atoms. The highest BCUT2D eigenvalue weighted by molar-refractivity contribution is 7.99. The Labute approximate surface area is 96.2 Å². The third-order valence-corrected chi connectivity index (χ3v) is 4.15. The predicted molar refractivity (Wildman–Crippen MR) is 64.0 cm³/mol. The van der Waals surface area contributed by atoms with Crippen LogP contribution in [0.5, 0.6) is 0 Å². The van der Waals surface area contributed by atoms with E-state index >= 15 is 0 Å². The van der Waals surface area contributed by atoms with Gasteiger partial charge in [0.1, 0.15) is 0 Å². The number of nitrogens with zero attached hydrogens (tertiary/aromatic N) is 1. The molecule has 1 heterocycles. The van der Waals surface area contributed by atoms with Gasteiger partial charge < -0.3 is 10.0 Å². The predicted octanol–water partition coefficient (Wildman–Crippen LogP) is 1.36. The number of rotatable bonds is 5. The highest BCUT2D eigenvalue weighted by atomic mass is 32.2. The largest absolute Gasteiger partial charge is 0.394 e. The molecular weight excluding hydrogens is 210 g/mol. The van der Waals surface area contributed by atoms with Crippen LogP contribution < -0.4 is 0 Å². The summed E-state index contributed by atoms with van der Waals surface area (Å²) in [7, 11) is 0. The molecule has 1 amide bonds. The molecule has 1 aliphatic rings. The number of aliphatic hydroxyl groups is 1. The normalized spacial score (nSPS) is 28.5. The average molecular weight is 231 g/mol. The average Bonchev–Trinajstić information content (AvgIpc) is 2.55. The van der Waals surface area contributed by atoms with Crippen LogP contribution in [-0.2, 0) is 4.79 Å². The molecule has 0 saturated carbocycles. The second-order valence-corrected chi connectivity index (χ2v) is 5.34. The highest BCUT2D eigenvalue weighted by Gasteiger charge is 2.38. The van der Waals surface area contributed by atoms with E-state index in [-0.39, 0.29) is 23.8 Å². The Hall–Kier alpha value is -0.220. The van der Waals surface area contributed by atoms with E-state index in [1.165, 1.54) is 0 Å². The second-order valence-electron chi connectivity index (χ2n) is 4.30. The molecule has 0 spiro atoms. The van der Waals surface area contributed by atoms with Gasteiger partial charge in [-0.2, -0.15) is 11.8 Å². The van der Waals surface area contributed by atoms with Crippen molar-refractivity contribution >= 4 is 17.7 Å². The SMILES string of the molecule is CCC(C)CN1C(=O)C(SC)CC1CO. The van der Waals surface area contributed by atoms with Gasteiger partial charge in [0.25, 0.3) is 0 Å². The summed E-state index contributed by atoms with van der Waals surface area (Å²) in [6.07, 6.45) is 3.84. The lowest BCUT2D eigenvalue weighted by atomic mass is 10.1. The molecule has 3 nitrogen and oxygen atoms in total. The van der Waals surface area contributed by atoms with Crippen LogP contribution in [0, 0.1) is 5.92 Å². The van der Waals surface area contributed by atoms with Gasteiger partial charge in [-0.1, -0.05) is 20.3 Å². The van der Waals surface area contributed by atoms with E-state index in [0.29, 0.717) is 5.92 Å². The molecular formula is C11H21NO2S. The van der Waals surface area contributed by atoms with E-state index in [4.69, 9.17) is 0 Å². The third-order valence-electron chi connectivity index (χ3n) is 3.19. The highest BCUT2D eigenvalue weighted by Crippen LogP contribution is 2.28. The summed E-state index contributed by atoms with van der Waals surface area (Å²) < 4.78 is 0. The molecule has 0 aromatic heterocycles. The minimum absolute atomic E-state index is 0.0453. The Balaban J connectivity index is 2.63.